The number of thioether (sulfide) groups is 1. The average molecular weight is 384 g/mol. The number of amides is 1. The van der Waals surface area contributed by atoms with Crippen molar-refractivity contribution in [3.8, 4) is 23.0 Å². The van der Waals surface area contributed by atoms with Crippen LogP contribution in [0.5, 0.6) is 11.5 Å². The van der Waals surface area contributed by atoms with Crippen LogP contribution in [0.15, 0.2) is 52.4 Å². The molecule has 3 heterocycles. The fraction of sp³-hybridized carbons (Fsp3) is 0.222. The van der Waals surface area contributed by atoms with Crippen LogP contribution in [0, 0.1) is 0 Å². The Morgan fingerprint density at radius 2 is 2.15 bits per heavy atom. The summed E-state index contributed by atoms with van der Waals surface area (Å²) >= 11 is 1.21. The molecule has 0 radical (unpaired) electrons. The van der Waals surface area contributed by atoms with E-state index in [4.69, 9.17) is 13.9 Å². The summed E-state index contributed by atoms with van der Waals surface area (Å²) < 4.78 is 16.2. The van der Waals surface area contributed by atoms with Crippen molar-refractivity contribution in [3.05, 3.63) is 48.3 Å². The van der Waals surface area contributed by atoms with Gasteiger partial charge >= 0.3 is 0 Å². The molecular weight excluding hydrogens is 368 g/mol. The lowest BCUT2D eigenvalue weighted by Crippen LogP contribution is -2.30. The van der Waals surface area contributed by atoms with Gasteiger partial charge in [-0.3, -0.25) is 9.78 Å². The normalized spacial score (nSPS) is 13.4. The van der Waals surface area contributed by atoms with Gasteiger partial charge in [-0.2, -0.15) is 0 Å². The molecule has 9 heteroatoms. The first-order chi connectivity index (χ1) is 13.2. The fourth-order valence-corrected chi connectivity index (χ4v) is 3.16. The van der Waals surface area contributed by atoms with Crippen LogP contribution in [-0.2, 0) is 11.3 Å². The summed E-state index contributed by atoms with van der Waals surface area (Å²) in [5.74, 6) is 1.66. The summed E-state index contributed by atoms with van der Waals surface area (Å²) in [5.41, 5.74) is 1.67. The molecule has 27 heavy (non-hydrogen) atoms. The zero-order valence-corrected chi connectivity index (χ0v) is 15.2. The lowest BCUT2D eigenvalue weighted by molar-refractivity contribution is -0.120. The van der Waals surface area contributed by atoms with Crippen molar-refractivity contribution in [2.45, 2.75) is 23.9 Å². The van der Waals surface area contributed by atoms with Gasteiger partial charge in [-0.25, -0.2) is 0 Å². The predicted molar refractivity (Wildman–Crippen MR) is 97.3 cm³/mol. The number of pyridine rings is 1. The van der Waals surface area contributed by atoms with Crippen LogP contribution in [0.2, 0.25) is 0 Å². The molecule has 3 aromatic rings. The van der Waals surface area contributed by atoms with Gasteiger partial charge in [0, 0.05) is 18.9 Å². The van der Waals surface area contributed by atoms with Crippen LogP contribution in [0.25, 0.3) is 11.5 Å². The van der Waals surface area contributed by atoms with Crippen molar-refractivity contribution in [1.29, 1.82) is 0 Å². The first-order valence-corrected chi connectivity index (χ1v) is 9.14. The van der Waals surface area contributed by atoms with Gasteiger partial charge in [0.25, 0.3) is 5.22 Å². The van der Waals surface area contributed by atoms with Gasteiger partial charge in [0.2, 0.25) is 18.6 Å². The average Bonchev–Trinajstić information content (AvgIpc) is 3.35. The lowest BCUT2D eigenvalue weighted by atomic mass is 10.2. The standard InChI is InChI=1S/C18H16N4O4S/c1-11(27-18-22-21-17(26-18)13-3-2-6-19-9-13)16(23)20-8-12-4-5-14-15(7-12)25-10-24-14/h2-7,9,11H,8,10H2,1H3,(H,20,23)/t11-/m0/s1. The summed E-state index contributed by atoms with van der Waals surface area (Å²) in [6.45, 7) is 2.41. The number of nitrogens with one attached hydrogen (secondary N) is 1. The molecule has 0 saturated heterocycles. The molecule has 1 atom stereocenters. The maximum atomic E-state index is 12.3. The lowest BCUT2D eigenvalue weighted by Gasteiger charge is -2.10. The molecular formula is C18H16N4O4S. The highest BCUT2D eigenvalue weighted by Gasteiger charge is 2.19. The van der Waals surface area contributed by atoms with Gasteiger partial charge < -0.3 is 19.2 Å². The van der Waals surface area contributed by atoms with E-state index in [-0.39, 0.29) is 18.0 Å². The molecule has 1 aliphatic heterocycles. The van der Waals surface area contributed by atoms with Crippen molar-refractivity contribution in [2.75, 3.05) is 6.79 Å². The Hall–Kier alpha value is -3.07. The molecule has 2 aromatic heterocycles. The smallest absolute Gasteiger partial charge is 0.277 e. The van der Waals surface area contributed by atoms with Crippen LogP contribution in [-0.4, -0.2) is 33.1 Å². The van der Waals surface area contributed by atoms with Crippen molar-refractivity contribution >= 4 is 17.7 Å². The Kier molecular flexibility index (Phi) is 4.93. The molecule has 0 saturated carbocycles. The zero-order chi connectivity index (χ0) is 18.6. The van der Waals surface area contributed by atoms with E-state index in [1.54, 1.807) is 25.4 Å². The number of rotatable bonds is 6. The Balaban J connectivity index is 1.32. The number of benzene rings is 1. The molecule has 0 bridgehead atoms. The molecule has 0 spiro atoms. The SMILES string of the molecule is C[C@H](Sc1nnc(-c2cccnc2)o1)C(=O)NCc1ccc2c(c1)OCO2. The third-order valence-electron chi connectivity index (χ3n) is 3.87. The van der Waals surface area contributed by atoms with Crippen molar-refractivity contribution in [1.82, 2.24) is 20.5 Å². The third-order valence-corrected chi connectivity index (χ3v) is 4.80. The van der Waals surface area contributed by atoms with E-state index in [1.165, 1.54) is 11.8 Å². The maximum Gasteiger partial charge on any atom is 0.277 e. The molecule has 138 valence electrons. The monoisotopic (exact) mass is 384 g/mol. The third kappa shape index (κ3) is 4.03. The number of fused-ring (bicyclic) bond motifs is 1. The number of ether oxygens (including phenoxy) is 2. The highest BCUT2D eigenvalue weighted by molar-refractivity contribution is 8.00. The largest absolute Gasteiger partial charge is 0.454 e. The second kappa shape index (κ2) is 7.67. The molecule has 1 aliphatic rings. The molecule has 1 aromatic carbocycles. The quantitative estimate of drug-likeness (QED) is 0.648. The van der Waals surface area contributed by atoms with E-state index in [2.05, 4.69) is 20.5 Å². The summed E-state index contributed by atoms with van der Waals surface area (Å²) in [6.07, 6.45) is 3.31. The van der Waals surface area contributed by atoms with Gasteiger partial charge in [-0.1, -0.05) is 17.8 Å². The Morgan fingerprint density at radius 3 is 3.00 bits per heavy atom. The molecule has 4 rings (SSSR count). The maximum absolute atomic E-state index is 12.3. The van der Waals surface area contributed by atoms with Gasteiger partial charge in [-0.15, -0.1) is 10.2 Å². The number of hydrogen-bond donors (Lipinski definition) is 1. The molecule has 0 unspecified atom stereocenters. The second-order valence-corrected chi connectivity index (χ2v) is 7.07. The predicted octanol–water partition coefficient (Wildman–Crippen LogP) is 2.66. The van der Waals surface area contributed by atoms with E-state index < -0.39 is 0 Å². The molecule has 1 N–H and O–H groups in total. The summed E-state index contributed by atoms with van der Waals surface area (Å²) in [7, 11) is 0. The number of hydrogen-bond acceptors (Lipinski definition) is 8. The highest BCUT2D eigenvalue weighted by Crippen LogP contribution is 2.32. The zero-order valence-electron chi connectivity index (χ0n) is 14.4. The van der Waals surface area contributed by atoms with Gasteiger partial charge in [0.15, 0.2) is 11.5 Å². The van der Waals surface area contributed by atoms with Gasteiger partial charge in [-0.05, 0) is 36.8 Å². The van der Waals surface area contributed by atoms with Crippen molar-refractivity contribution < 1.29 is 18.7 Å². The molecule has 8 nitrogen and oxygen atoms in total. The van der Waals surface area contributed by atoms with E-state index in [0.717, 1.165) is 16.9 Å². The van der Waals surface area contributed by atoms with E-state index >= 15 is 0 Å². The highest BCUT2D eigenvalue weighted by atomic mass is 32.2. The Bertz CT molecular complexity index is 948. The van der Waals surface area contributed by atoms with Crippen LogP contribution in [0.1, 0.15) is 12.5 Å². The van der Waals surface area contributed by atoms with Crippen LogP contribution in [0.3, 0.4) is 0 Å². The summed E-state index contributed by atoms with van der Waals surface area (Å²) in [4.78, 5) is 16.4. The Labute approximate surface area is 159 Å². The Morgan fingerprint density at radius 1 is 1.26 bits per heavy atom. The van der Waals surface area contributed by atoms with Crippen LogP contribution >= 0.6 is 11.8 Å². The first-order valence-electron chi connectivity index (χ1n) is 8.26. The fourth-order valence-electron chi connectivity index (χ4n) is 2.45. The minimum absolute atomic E-state index is 0.126. The van der Waals surface area contributed by atoms with E-state index in [1.807, 2.05) is 24.3 Å². The molecule has 1 amide bonds. The van der Waals surface area contributed by atoms with Crippen LogP contribution in [0.4, 0.5) is 0 Å². The number of carbonyl (C=O) groups excluding carboxylic acids is 1. The van der Waals surface area contributed by atoms with Gasteiger partial charge in [0.1, 0.15) is 0 Å². The number of aromatic nitrogens is 3. The summed E-state index contributed by atoms with van der Waals surface area (Å²) in [5, 5.41) is 10.8. The minimum atomic E-state index is -0.388. The first kappa shape index (κ1) is 17.3. The topological polar surface area (TPSA) is 99.4 Å². The van der Waals surface area contributed by atoms with E-state index in [0.29, 0.717) is 23.4 Å². The number of nitrogens with zero attached hydrogens (tertiary/aromatic N) is 3. The number of carbonyl (C=O) groups is 1. The van der Waals surface area contributed by atoms with Crippen molar-refractivity contribution in [3.63, 3.8) is 0 Å². The van der Waals surface area contributed by atoms with Gasteiger partial charge in [0.05, 0.1) is 10.8 Å². The summed E-state index contributed by atoms with van der Waals surface area (Å²) in [6, 6.07) is 9.21. The van der Waals surface area contributed by atoms with Crippen molar-refractivity contribution in [2.24, 2.45) is 0 Å². The van der Waals surface area contributed by atoms with E-state index in [9.17, 15) is 4.79 Å². The molecule has 0 aliphatic carbocycles. The molecule has 0 fully saturated rings. The minimum Gasteiger partial charge on any atom is -0.454 e. The van der Waals surface area contributed by atoms with Crippen LogP contribution < -0.4 is 14.8 Å². The second-order valence-electron chi connectivity index (χ2n) is 5.78.